The number of carbonyl (C=O) groups excluding carboxylic acids is 6. The average Bonchev–Trinajstić information content (AvgIpc) is 0.905. The van der Waals surface area contributed by atoms with Gasteiger partial charge in [-0.2, -0.15) is 15.8 Å². The highest BCUT2D eigenvalue weighted by molar-refractivity contribution is 6.00. The lowest BCUT2D eigenvalue weighted by atomic mass is 10.0. The summed E-state index contributed by atoms with van der Waals surface area (Å²) in [6.07, 6.45) is 0. The van der Waals surface area contributed by atoms with Crippen LogP contribution in [-0.2, 0) is 14.2 Å². The van der Waals surface area contributed by atoms with E-state index in [1.165, 1.54) is 18.2 Å². The number of rotatable bonds is 27. The van der Waals surface area contributed by atoms with Crippen LogP contribution in [0.2, 0.25) is 0 Å². The number of hydrogen-bond acceptors (Lipinski definition) is 18. The van der Waals surface area contributed by atoms with Gasteiger partial charge in [0.05, 0.1) is 108 Å². The number of esters is 6. The van der Waals surface area contributed by atoms with Gasteiger partial charge in [0.25, 0.3) is 0 Å². The number of carbonyl (C=O) groups is 6. The summed E-state index contributed by atoms with van der Waals surface area (Å²) in [6.45, 7) is 5.34. The topological polar surface area (TPSA) is 257 Å². The van der Waals surface area contributed by atoms with Gasteiger partial charge in [-0.25, -0.2) is 28.8 Å². The quantitative estimate of drug-likeness (QED) is 0.0263. The van der Waals surface area contributed by atoms with Crippen LogP contribution in [0.4, 0.5) is 0 Å². The molecule has 0 spiro atoms. The molecule has 0 heterocycles. The lowest BCUT2D eigenvalue weighted by molar-refractivity contribution is 0.0409. The molecule has 3 unspecified atom stereocenters. The van der Waals surface area contributed by atoms with Crippen molar-refractivity contribution in [2.45, 2.75) is 20.8 Å². The summed E-state index contributed by atoms with van der Waals surface area (Å²) in [4.78, 5) is 80.4. The van der Waals surface area contributed by atoms with Gasteiger partial charge < -0.3 is 42.6 Å². The van der Waals surface area contributed by atoms with Crippen molar-refractivity contribution < 1.29 is 71.4 Å². The molecule has 10 rings (SSSR count). The lowest BCUT2D eigenvalue weighted by Gasteiger charge is -2.16. The van der Waals surface area contributed by atoms with E-state index < -0.39 is 35.8 Å². The number of nitrogens with zero attached hydrogens (tertiary/aromatic N) is 3. The number of nitriles is 3. The van der Waals surface area contributed by atoms with Crippen LogP contribution in [0.5, 0.6) is 34.5 Å². The smallest absolute Gasteiger partial charge is 0.343 e. The molecule has 0 saturated heterocycles. The fourth-order valence-corrected chi connectivity index (χ4v) is 9.66. The summed E-state index contributed by atoms with van der Waals surface area (Å²) in [5, 5.41) is 27.3. The summed E-state index contributed by atoms with van der Waals surface area (Å²) >= 11 is 0. The fraction of sp³-hybridized carbons (Fsp3) is 0.148. The van der Waals surface area contributed by atoms with Crippen molar-refractivity contribution in [2.24, 2.45) is 17.8 Å². The molecule has 0 aromatic heterocycles. The molecule has 492 valence electrons. The number of ether oxygens (including phenoxy) is 9. The Morgan fingerprint density at radius 3 is 0.677 bits per heavy atom. The monoisotopic (exact) mass is 1320 g/mol. The Balaban J connectivity index is 0.711. The molecule has 3 atom stereocenters. The molecule has 18 heteroatoms. The lowest BCUT2D eigenvalue weighted by Crippen LogP contribution is -2.21. The summed E-state index contributed by atoms with van der Waals surface area (Å²) in [7, 11) is 0. The van der Waals surface area contributed by atoms with Crippen molar-refractivity contribution >= 4 is 35.8 Å². The average molecular weight is 1320 g/mol. The van der Waals surface area contributed by atoms with Crippen LogP contribution in [0.1, 0.15) is 99.6 Å². The first-order valence-corrected chi connectivity index (χ1v) is 31.4. The van der Waals surface area contributed by atoms with Crippen molar-refractivity contribution in [1.82, 2.24) is 0 Å². The SMILES string of the molecule is CC(COC(=O)c1cc(C(=O)OCC(C)COc2ccc(C(=O)Oc3ccc(-c4ccc(C#N)cc4)cc3)cc2)cc(C(=O)OCC(C)COc2ccc(C(=O)Oc3ccc(-c4ccc(C#N)cc4)cc3)cc2)c1)COc1ccc(C(=O)Oc2ccc(-c3ccc(C#N)cc3)cc2)cc1. The molecule has 0 fully saturated rings. The highest BCUT2D eigenvalue weighted by Crippen LogP contribution is 2.29. The number of hydrogen-bond donors (Lipinski definition) is 0. The first kappa shape index (κ1) is 68.7. The minimum Gasteiger partial charge on any atom is -0.493 e. The van der Waals surface area contributed by atoms with E-state index in [2.05, 4.69) is 18.2 Å². The third-order valence-corrected chi connectivity index (χ3v) is 15.2. The second kappa shape index (κ2) is 33.3. The molecule has 18 nitrogen and oxygen atoms in total. The molecule has 0 amide bonds. The Hall–Kier alpha value is -13.1. The molecule has 10 aromatic rings. The van der Waals surface area contributed by atoms with Gasteiger partial charge in [-0.15, -0.1) is 0 Å². The summed E-state index contributed by atoms with van der Waals surface area (Å²) in [5.74, 6) is -2.93. The third-order valence-electron chi connectivity index (χ3n) is 15.2. The first-order chi connectivity index (χ1) is 48.0. The van der Waals surface area contributed by atoms with E-state index in [0.717, 1.165) is 33.4 Å². The van der Waals surface area contributed by atoms with Gasteiger partial charge in [-0.1, -0.05) is 93.6 Å². The fourth-order valence-electron chi connectivity index (χ4n) is 9.66. The van der Waals surface area contributed by atoms with Gasteiger partial charge in [0.1, 0.15) is 34.5 Å². The van der Waals surface area contributed by atoms with Gasteiger partial charge >= 0.3 is 35.8 Å². The highest BCUT2D eigenvalue weighted by atomic mass is 16.6. The van der Waals surface area contributed by atoms with E-state index in [1.54, 1.807) is 166 Å². The van der Waals surface area contributed by atoms with Crippen LogP contribution in [0.25, 0.3) is 33.4 Å². The molecule has 10 aromatic carbocycles. The predicted molar refractivity (Wildman–Crippen MR) is 365 cm³/mol. The van der Waals surface area contributed by atoms with Crippen LogP contribution in [0.3, 0.4) is 0 Å². The Morgan fingerprint density at radius 1 is 0.263 bits per heavy atom. The van der Waals surface area contributed by atoms with E-state index in [-0.39, 0.29) is 90.8 Å². The molecule has 99 heavy (non-hydrogen) atoms. The molecule has 0 saturated carbocycles. The molecule has 0 aliphatic carbocycles. The minimum absolute atomic E-state index is 0.107. The zero-order valence-electron chi connectivity index (χ0n) is 54.0. The van der Waals surface area contributed by atoms with E-state index >= 15 is 0 Å². The predicted octanol–water partition coefficient (Wildman–Crippen LogP) is 15.6. The van der Waals surface area contributed by atoms with Gasteiger partial charge in [0, 0.05) is 17.8 Å². The molecule has 0 aliphatic heterocycles. The number of benzene rings is 10. The van der Waals surface area contributed by atoms with Crippen LogP contribution in [-0.4, -0.2) is 75.5 Å². The van der Waals surface area contributed by atoms with Crippen LogP contribution >= 0.6 is 0 Å². The molecule has 0 radical (unpaired) electrons. The second-order valence-electron chi connectivity index (χ2n) is 23.2. The maximum atomic E-state index is 13.8. The molecule has 0 aliphatic rings. The Kier molecular flexibility index (Phi) is 23.1. The highest BCUT2D eigenvalue weighted by Gasteiger charge is 2.23. The van der Waals surface area contributed by atoms with E-state index in [9.17, 15) is 28.8 Å². The van der Waals surface area contributed by atoms with Crippen molar-refractivity contribution in [3.63, 3.8) is 0 Å². The zero-order chi connectivity index (χ0) is 69.6. The third kappa shape index (κ3) is 19.5. The summed E-state index contributed by atoms with van der Waals surface area (Å²) in [5.41, 5.74) is 7.53. The minimum atomic E-state index is -0.844. The van der Waals surface area contributed by atoms with Crippen molar-refractivity contribution in [3.8, 4) is 86.1 Å². The Bertz CT molecular complexity index is 4130. The van der Waals surface area contributed by atoms with E-state index in [0.29, 0.717) is 51.2 Å². The Morgan fingerprint density at radius 2 is 0.465 bits per heavy atom. The maximum absolute atomic E-state index is 13.8. The van der Waals surface area contributed by atoms with Gasteiger partial charge in [-0.3, -0.25) is 0 Å². The zero-order valence-corrected chi connectivity index (χ0v) is 54.0. The molecular formula is C81H63N3O15. The van der Waals surface area contributed by atoms with Crippen molar-refractivity contribution in [1.29, 1.82) is 15.8 Å². The normalized spacial score (nSPS) is 11.5. The van der Waals surface area contributed by atoms with Gasteiger partial charge in [0.2, 0.25) is 0 Å². The largest absolute Gasteiger partial charge is 0.493 e. The van der Waals surface area contributed by atoms with Crippen molar-refractivity contribution in [2.75, 3.05) is 39.6 Å². The summed E-state index contributed by atoms with van der Waals surface area (Å²) < 4.78 is 51.7. The molecular weight excluding hydrogens is 1250 g/mol. The molecule has 0 N–H and O–H groups in total. The van der Waals surface area contributed by atoms with Crippen LogP contribution in [0.15, 0.2) is 237 Å². The second-order valence-corrected chi connectivity index (χ2v) is 23.2. The standard InChI is InChI=1S/C81H63N3O15/c1-52(46-91-70-28-22-64(23-29-70)79(88)97-73-34-16-61(17-35-73)58-10-4-55(43-82)5-11-58)49-94-76(85)67-40-68(77(86)95-50-53(2)47-92-71-30-24-65(25-31-71)80(89)98-74-36-18-62(19-37-74)59-12-6-56(44-83)7-13-59)42-69(41-67)78(87)96-51-54(3)48-93-72-32-26-66(27-33-72)81(90)99-75-38-20-63(21-39-75)60-14-8-57(45-84)9-15-60/h4-42,52-54H,46-51H2,1-3H3. The van der Waals surface area contributed by atoms with Gasteiger partial charge in [0.15, 0.2) is 0 Å². The maximum Gasteiger partial charge on any atom is 0.343 e. The van der Waals surface area contributed by atoms with Gasteiger partial charge in [-0.05, 0) is 197 Å². The van der Waals surface area contributed by atoms with Crippen LogP contribution < -0.4 is 28.4 Å². The first-order valence-electron chi connectivity index (χ1n) is 31.4. The van der Waals surface area contributed by atoms with Crippen molar-refractivity contribution in [3.05, 3.63) is 287 Å². The molecule has 0 bridgehead atoms. The summed E-state index contributed by atoms with van der Waals surface area (Å²) in [6, 6.07) is 71.6. The Labute approximate surface area is 571 Å². The van der Waals surface area contributed by atoms with E-state index in [1.807, 2.05) is 72.8 Å². The van der Waals surface area contributed by atoms with E-state index in [4.69, 9.17) is 58.4 Å². The van der Waals surface area contributed by atoms with Crippen LogP contribution in [0, 0.1) is 51.7 Å².